The van der Waals surface area contributed by atoms with Crippen LogP contribution >= 0.6 is 0 Å². The molecule has 2 aromatic carbocycles. The zero-order chi connectivity index (χ0) is 18.8. The molecular weight excluding hydrogens is 360 g/mol. The molecule has 0 unspecified atom stereocenters. The second-order valence-electron chi connectivity index (χ2n) is 7.53. The minimum Gasteiger partial charge on any atom is -0.312 e. The van der Waals surface area contributed by atoms with E-state index >= 15 is 0 Å². The molecular formula is C21H20N2O3S. The number of ketones is 1. The van der Waals surface area contributed by atoms with Crippen molar-refractivity contribution in [2.45, 2.75) is 36.1 Å². The van der Waals surface area contributed by atoms with E-state index in [1.165, 1.54) is 4.31 Å². The highest BCUT2D eigenvalue weighted by Gasteiger charge is 2.59. The third-order valence-corrected chi connectivity index (χ3v) is 7.79. The van der Waals surface area contributed by atoms with Crippen LogP contribution in [0.25, 0.3) is 0 Å². The fourth-order valence-corrected chi connectivity index (χ4v) is 6.40. The van der Waals surface area contributed by atoms with Crippen molar-refractivity contribution in [3.8, 4) is 0 Å². The molecule has 2 aromatic rings. The van der Waals surface area contributed by atoms with Crippen molar-refractivity contribution in [1.29, 1.82) is 0 Å². The van der Waals surface area contributed by atoms with Gasteiger partial charge in [-0.3, -0.25) is 4.79 Å². The molecule has 27 heavy (non-hydrogen) atoms. The smallest absolute Gasteiger partial charge is 0.268 e. The van der Waals surface area contributed by atoms with Gasteiger partial charge in [-0.2, -0.15) is 0 Å². The number of para-hydroxylation sites is 1. The Morgan fingerprint density at radius 1 is 1.11 bits per heavy atom. The fourth-order valence-electron chi connectivity index (χ4n) is 4.82. The van der Waals surface area contributed by atoms with E-state index in [1.54, 1.807) is 30.3 Å². The molecule has 0 aromatic heterocycles. The standard InChI is InChI=1S/C21H20N2O3S/c1-14-6-8-16(9-7-14)27(25,26)23-18-5-3-2-4-17(18)21-10-11-22-19(21)12-15(24)13-20(21)23/h2-9,13,19,22H,10-12H2,1H3/t19-,21+/m0/s1. The minimum atomic E-state index is -3.82. The summed E-state index contributed by atoms with van der Waals surface area (Å²) in [6.45, 7) is 2.69. The van der Waals surface area contributed by atoms with E-state index in [0.717, 1.165) is 24.1 Å². The lowest BCUT2D eigenvalue weighted by Crippen LogP contribution is -2.47. The van der Waals surface area contributed by atoms with Gasteiger partial charge >= 0.3 is 0 Å². The molecule has 0 radical (unpaired) electrons. The first kappa shape index (κ1) is 16.7. The van der Waals surface area contributed by atoms with Crippen LogP contribution in [0.3, 0.4) is 0 Å². The molecule has 138 valence electrons. The second-order valence-corrected chi connectivity index (χ2v) is 9.31. The van der Waals surface area contributed by atoms with E-state index in [9.17, 15) is 13.2 Å². The molecule has 6 heteroatoms. The summed E-state index contributed by atoms with van der Waals surface area (Å²) in [7, 11) is -3.82. The predicted octanol–water partition coefficient (Wildman–Crippen LogP) is 2.66. The molecule has 1 spiro atoms. The monoisotopic (exact) mass is 380 g/mol. The molecule has 1 N–H and O–H groups in total. The van der Waals surface area contributed by atoms with Crippen LogP contribution < -0.4 is 9.62 Å². The van der Waals surface area contributed by atoms with Gasteiger partial charge in [-0.15, -0.1) is 0 Å². The maximum Gasteiger partial charge on any atom is 0.268 e. The molecule has 0 bridgehead atoms. The van der Waals surface area contributed by atoms with Crippen LogP contribution in [0.2, 0.25) is 0 Å². The van der Waals surface area contributed by atoms with E-state index in [2.05, 4.69) is 5.32 Å². The number of hydrogen-bond donors (Lipinski definition) is 1. The number of rotatable bonds is 2. The van der Waals surface area contributed by atoms with Gasteiger partial charge in [0.2, 0.25) is 0 Å². The molecule has 1 saturated heterocycles. The summed E-state index contributed by atoms with van der Waals surface area (Å²) in [4.78, 5) is 12.6. The minimum absolute atomic E-state index is 0.0306. The van der Waals surface area contributed by atoms with Crippen molar-refractivity contribution in [2.75, 3.05) is 10.8 Å². The molecule has 1 fully saturated rings. The zero-order valence-corrected chi connectivity index (χ0v) is 15.8. The van der Waals surface area contributed by atoms with Crippen LogP contribution in [-0.2, 0) is 20.2 Å². The number of anilines is 1. The number of carbonyl (C=O) groups is 1. The van der Waals surface area contributed by atoms with E-state index in [1.807, 2.05) is 31.2 Å². The maximum absolute atomic E-state index is 13.6. The van der Waals surface area contributed by atoms with Gasteiger partial charge in [0.05, 0.1) is 21.7 Å². The lowest BCUT2D eigenvalue weighted by atomic mass is 9.69. The van der Waals surface area contributed by atoms with Crippen molar-refractivity contribution in [1.82, 2.24) is 5.32 Å². The Hall–Kier alpha value is -2.44. The van der Waals surface area contributed by atoms with Gasteiger partial charge < -0.3 is 5.32 Å². The third kappa shape index (κ3) is 2.14. The SMILES string of the molecule is Cc1ccc(S(=O)(=O)N2C3=CC(=O)C[C@@H]4NCC[C@]34c3ccccc32)cc1. The summed E-state index contributed by atoms with van der Waals surface area (Å²) >= 11 is 0. The molecule has 2 aliphatic heterocycles. The largest absolute Gasteiger partial charge is 0.312 e. The van der Waals surface area contributed by atoms with Crippen molar-refractivity contribution in [3.63, 3.8) is 0 Å². The van der Waals surface area contributed by atoms with Crippen molar-refractivity contribution in [3.05, 3.63) is 71.4 Å². The van der Waals surface area contributed by atoms with Crippen LogP contribution in [0, 0.1) is 6.92 Å². The van der Waals surface area contributed by atoms with Crippen molar-refractivity contribution in [2.24, 2.45) is 0 Å². The van der Waals surface area contributed by atoms with Crippen LogP contribution in [0.1, 0.15) is 24.0 Å². The molecule has 2 heterocycles. The number of benzene rings is 2. The van der Waals surface area contributed by atoms with Crippen LogP contribution in [0.15, 0.2) is 65.2 Å². The van der Waals surface area contributed by atoms with Crippen LogP contribution in [0.4, 0.5) is 5.69 Å². The van der Waals surface area contributed by atoms with Gasteiger partial charge in [0.25, 0.3) is 10.0 Å². The third-order valence-electron chi connectivity index (χ3n) is 6.05. The fraction of sp³-hybridized carbons (Fsp3) is 0.286. The summed E-state index contributed by atoms with van der Waals surface area (Å²) in [5, 5.41) is 3.43. The Kier molecular flexibility index (Phi) is 3.42. The number of hydrogen-bond acceptors (Lipinski definition) is 4. The normalized spacial score (nSPS) is 26.4. The van der Waals surface area contributed by atoms with Crippen LogP contribution in [0.5, 0.6) is 0 Å². The Labute approximate surface area is 158 Å². The lowest BCUT2D eigenvalue weighted by Gasteiger charge is -2.37. The highest BCUT2D eigenvalue weighted by molar-refractivity contribution is 7.93. The first-order valence-electron chi connectivity index (χ1n) is 9.14. The zero-order valence-electron chi connectivity index (χ0n) is 15.0. The molecule has 5 rings (SSSR count). The Bertz CT molecular complexity index is 1090. The van der Waals surface area contributed by atoms with Gasteiger partial charge in [-0.25, -0.2) is 12.7 Å². The highest BCUT2D eigenvalue weighted by atomic mass is 32.2. The number of nitrogens with one attached hydrogen (secondary N) is 1. The first-order valence-corrected chi connectivity index (χ1v) is 10.6. The molecule has 5 nitrogen and oxygen atoms in total. The number of nitrogens with zero attached hydrogens (tertiary/aromatic N) is 1. The number of aryl methyl sites for hydroxylation is 1. The van der Waals surface area contributed by atoms with Gasteiger partial charge in [-0.05, 0) is 43.7 Å². The Balaban J connectivity index is 1.78. The number of sulfonamides is 1. The summed E-state index contributed by atoms with van der Waals surface area (Å²) < 4.78 is 28.6. The van der Waals surface area contributed by atoms with E-state index in [-0.39, 0.29) is 16.7 Å². The lowest BCUT2D eigenvalue weighted by molar-refractivity contribution is -0.115. The van der Waals surface area contributed by atoms with E-state index < -0.39 is 15.4 Å². The molecule has 3 aliphatic rings. The maximum atomic E-state index is 13.6. The quantitative estimate of drug-likeness (QED) is 0.870. The van der Waals surface area contributed by atoms with Gasteiger partial charge in [-0.1, -0.05) is 35.9 Å². The van der Waals surface area contributed by atoms with Crippen molar-refractivity contribution < 1.29 is 13.2 Å². The predicted molar refractivity (Wildman–Crippen MR) is 103 cm³/mol. The highest BCUT2D eigenvalue weighted by Crippen LogP contribution is 2.57. The van der Waals surface area contributed by atoms with E-state index in [4.69, 9.17) is 0 Å². The first-order chi connectivity index (χ1) is 12.9. The topological polar surface area (TPSA) is 66.5 Å². The summed E-state index contributed by atoms with van der Waals surface area (Å²) in [6, 6.07) is 14.4. The van der Waals surface area contributed by atoms with E-state index in [0.29, 0.717) is 17.8 Å². The number of carbonyl (C=O) groups excluding carboxylic acids is 1. The van der Waals surface area contributed by atoms with Crippen molar-refractivity contribution >= 4 is 21.5 Å². The average Bonchev–Trinajstić information content (AvgIpc) is 3.19. The van der Waals surface area contributed by atoms with Gasteiger partial charge in [0, 0.05) is 18.5 Å². The van der Waals surface area contributed by atoms with Crippen LogP contribution in [-0.4, -0.2) is 26.8 Å². The molecule has 1 aliphatic carbocycles. The Morgan fingerprint density at radius 3 is 2.63 bits per heavy atom. The molecule has 0 saturated carbocycles. The number of allylic oxidation sites excluding steroid dienone is 1. The molecule has 2 atom stereocenters. The van der Waals surface area contributed by atoms with Gasteiger partial charge in [0.1, 0.15) is 0 Å². The Morgan fingerprint density at radius 2 is 1.85 bits per heavy atom. The summed E-state index contributed by atoms with van der Waals surface area (Å²) in [6.07, 6.45) is 2.74. The number of fused-ring (bicyclic) bond motifs is 1. The summed E-state index contributed by atoms with van der Waals surface area (Å²) in [5.41, 5.74) is 2.79. The molecule has 0 amide bonds. The van der Waals surface area contributed by atoms with Gasteiger partial charge in [0.15, 0.2) is 5.78 Å². The summed E-state index contributed by atoms with van der Waals surface area (Å²) in [5.74, 6) is -0.0306. The average molecular weight is 380 g/mol. The second kappa shape index (κ2) is 5.53.